The van der Waals surface area contributed by atoms with E-state index in [0.29, 0.717) is 11.4 Å². The normalized spacial score (nSPS) is 25.3. The Kier molecular flexibility index (Phi) is 2.03. The van der Waals surface area contributed by atoms with Crippen molar-refractivity contribution in [2.45, 2.75) is 12.8 Å². The fraction of sp³-hybridized carbons (Fsp3) is 0.500. The van der Waals surface area contributed by atoms with Gasteiger partial charge >= 0.3 is 0 Å². The molecule has 2 aromatic heterocycles. The van der Waals surface area contributed by atoms with Crippen LogP contribution in [0.15, 0.2) is 17.3 Å². The third kappa shape index (κ3) is 1.34. The zero-order valence-corrected chi connectivity index (χ0v) is 8.97. The molecule has 6 nitrogen and oxygen atoms in total. The van der Waals surface area contributed by atoms with Gasteiger partial charge in [0.2, 0.25) is 0 Å². The molecule has 3 heterocycles. The van der Waals surface area contributed by atoms with Gasteiger partial charge in [-0.15, -0.1) is 0 Å². The number of hydrogen-bond donors (Lipinski definition) is 2. The molecule has 1 saturated heterocycles. The highest BCUT2D eigenvalue weighted by atomic mass is 16.1. The van der Waals surface area contributed by atoms with Crippen molar-refractivity contribution in [3.05, 3.63) is 28.7 Å². The van der Waals surface area contributed by atoms with Crippen LogP contribution < -0.4 is 10.9 Å². The molecule has 6 heteroatoms. The number of nitrogens with zero attached hydrogens (tertiary/aromatic N) is 3. The minimum absolute atomic E-state index is 0.124. The summed E-state index contributed by atoms with van der Waals surface area (Å²) in [5.74, 6) is 1.51. The monoisotopic (exact) mass is 219 g/mol. The molecule has 2 N–H and O–H groups in total. The summed E-state index contributed by atoms with van der Waals surface area (Å²) < 4.78 is 1.54. The van der Waals surface area contributed by atoms with Gasteiger partial charge in [-0.05, 0) is 12.5 Å². The first-order valence-electron chi connectivity index (χ1n) is 5.39. The van der Waals surface area contributed by atoms with E-state index in [-0.39, 0.29) is 11.5 Å². The van der Waals surface area contributed by atoms with Gasteiger partial charge < -0.3 is 10.3 Å². The van der Waals surface area contributed by atoms with E-state index >= 15 is 0 Å². The number of fused-ring (bicyclic) bond motifs is 1. The minimum atomic E-state index is -0.124. The Morgan fingerprint density at radius 3 is 3.12 bits per heavy atom. The molecule has 1 aliphatic heterocycles. The van der Waals surface area contributed by atoms with Crippen molar-refractivity contribution in [2.24, 2.45) is 5.92 Å². The second-order valence-electron chi connectivity index (χ2n) is 4.30. The first-order chi connectivity index (χ1) is 7.75. The number of aromatic nitrogens is 4. The lowest BCUT2D eigenvalue weighted by atomic mass is 9.98. The van der Waals surface area contributed by atoms with Crippen molar-refractivity contribution < 1.29 is 0 Å². The molecule has 0 aliphatic carbocycles. The highest BCUT2D eigenvalue weighted by molar-refractivity contribution is 5.40. The van der Waals surface area contributed by atoms with Crippen molar-refractivity contribution in [3.63, 3.8) is 0 Å². The van der Waals surface area contributed by atoms with Crippen LogP contribution >= 0.6 is 0 Å². The van der Waals surface area contributed by atoms with Gasteiger partial charge in [-0.2, -0.15) is 5.10 Å². The summed E-state index contributed by atoms with van der Waals surface area (Å²) in [6, 6.07) is 0. The lowest BCUT2D eigenvalue weighted by Gasteiger charge is -2.12. The Hall–Kier alpha value is -1.69. The molecular formula is C10H13N5O. The standard InChI is InChI=1S/C10H13N5O/c1-6-2-11-3-7(6)9-13-10(16)8-4-12-5-15(8)14-9/h4-7,11H,2-3H2,1H3,(H,13,14,16). The van der Waals surface area contributed by atoms with E-state index in [2.05, 4.69) is 27.3 Å². The van der Waals surface area contributed by atoms with Crippen LogP contribution in [0.2, 0.25) is 0 Å². The van der Waals surface area contributed by atoms with Crippen LogP contribution in [0.25, 0.3) is 5.52 Å². The highest BCUT2D eigenvalue weighted by Gasteiger charge is 2.27. The quantitative estimate of drug-likeness (QED) is 0.693. The second kappa shape index (κ2) is 3.41. The third-order valence-electron chi connectivity index (χ3n) is 3.18. The summed E-state index contributed by atoms with van der Waals surface area (Å²) in [4.78, 5) is 18.5. The van der Waals surface area contributed by atoms with E-state index < -0.39 is 0 Å². The molecule has 0 bridgehead atoms. The van der Waals surface area contributed by atoms with Crippen molar-refractivity contribution in [1.29, 1.82) is 0 Å². The maximum atomic E-state index is 11.7. The summed E-state index contributed by atoms with van der Waals surface area (Å²) in [7, 11) is 0. The lowest BCUT2D eigenvalue weighted by molar-refractivity contribution is 0.533. The molecule has 2 aromatic rings. The van der Waals surface area contributed by atoms with Crippen LogP contribution in [0.1, 0.15) is 18.7 Å². The van der Waals surface area contributed by atoms with Crippen LogP contribution in [-0.2, 0) is 0 Å². The van der Waals surface area contributed by atoms with Gasteiger partial charge in [0.25, 0.3) is 5.56 Å². The summed E-state index contributed by atoms with van der Waals surface area (Å²) in [6.45, 7) is 3.99. The average molecular weight is 219 g/mol. The van der Waals surface area contributed by atoms with E-state index in [1.54, 1.807) is 10.8 Å². The van der Waals surface area contributed by atoms with E-state index in [4.69, 9.17) is 0 Å². The van der Waals surface area contributed by atoms with Crippen molar-refractivity contribution in [2.75, 3.05) is 13.1 Å². The Labute approximate surface area is 91.7 Å². The van der Waals surface area contributed by atoms with Crippen LogP contribution in [0.5, 0.6) is 0 Å². The van der Waals surface area contributed by atoms with Crippen LogP contribution in [0, 0.1) is 5.92 Å². The molecule has 0 radical (unpaired) electrons. The Bertz CT molecular complexity index is 572. The zero-order chi connectivity index (χ0) is 11.1. The zero-order valence-electron chi connectivity index (χ0n) is 8.97. The number of imidazole rings is 1. The third-order valence-corrected chi connectivity index (χ3v) is 3.18. The minimum Gasteiger partial charge on any atom is -0.316 e. The number of nitrogens with one attached hydrogen (secondary N) is 2. The van der Waals surface area contributed by atoms with Gasteiger partial charge in [0, 0.05) is 12.5 Å². The first kappa shape index (κ1) is 9.53. The number of aromatic amines is 1. The van der Waals surface area contributed by atoms with Crippen LogP contribution in [0.4, 0.5) is 0 Å². The Morgan fingerprint density at radius 2 is 2.38 bits per heavy atom. The largest absolute Gasteiger partial charge is 0.316 e. The molecular weight excluding hydrogens is 206 g/mol. The van der Waals surface area contributed by atoms with Gasteiger partial charge in [-0.1, -0.05) is 6.92 Å². The summed E-state index contributed by atoms with van der Waals surface area (Å²) in [5.41, 5.74) is 0.365. The highest BCUT2D eigenvalue weighted by Crippen LogP contribution is 2.23. The van der Waals surface area contributed by atoms with Gasteiger partial charge in [-0.3, -0.25) is 4.79 Å². The topological polar surface area (TPSA) is 75.1 Å². The van der Waals surface area contributed by atoms with Gasteiger partial charge in [0.1, 0.15) is 17.7 Å². The molecule has 2 unspecified atom stereocenters. The fourth-order valence-corrected chi connectivity index (χ4v) is 2.20. The SMILES string of the molecule is CC1CNCC1c1nn2cncc2c(=O)[nH]1. The molecule has 0 saturated carbocycles. The van der Waals surface area contributed by atoms with Crippen LogP contribution in [0.3, 0.4) is 0 Å². The predicted octanol–water partition coefficient (Wildman–Crippen LogP) is -0.260. The Balaban J connectivity index is 2.13. The van der Waals surface area contributed by atoms with Gasteiger partial charge in [0.05, 0.1) is 6.20 Å². The van der Waals surface area contributed by atoms with E-state index in [1.807, 2.05) is 0 Å². The van der Waals surface area contributed by atoms with E-state index in [0.717, 1.165) is 18.9 Å². The van der Waals surface area contributed by atoms with Crippen molar-refractivity contribution >= 4 is 5.52 Å². The average Bonchev–Trinajstić information content (AvgIpc) is 2.85. The summed E-state index contributed by atoms with van der Waals surface area (Å²) in [5, 5.41) is 7.68. The summed E-state index contributed by atoms with van der Waals surface area (Å²) in [6.07, 6.45) is 3.08. The maximum Gasteiger partial charge on any atom is 0.276 e. The molecule has 1 fully saturated rings. The van der Waals surface area contributed by atoms with Crippen molar-refractivity contribution in [3.8, 4) is 0 Å². The Morgan fingerprint density at radius 1 is 1.50 bits per heavy atom. The molecule has 2 atom stereocenters. The molecule has 16 heavy (non-hydrogen) atoms. The number of rotatable bonds is 1. The molecule has 0 amide bonds. The van der Waals surface area contributed by atoms with E-state index in [9.17, 15) is 4.79 Å². The molecule has 84 valence electrons. The molecule has 3 rings (SSSR count). The lowest BCUT2D eigenvalue weighted by Crippen LogP contribution is -2.21. The molecule has 0 aromatic carbocycles. The maximum absolute atomic E-state index is 11.7. The fourth-order valence-electron chi connectivity index (χ4n) is 2.20. The smallest absolute Gasteiger partial charge is 0.276 e. The predicted molar refractivity (Wildman–Crippen MR) is 58.4 cm³/mol. The molecule has 0 spiro atoms. The number of hydrogen-bond acceptors (Lipinski definition) is 4. The van der Waals surface area contributed by atoms with Crippen LogP contribution in [-0.4, -0.2) is 32.7 Å². The van der Waals surface area contributed by atoms with E-state index in [1.165, 1.54) is 6.20 Å². The van der Waals surface area contributed by atoms with Gasteiger partial charge in [-0.25, -0.2) is 9.50 Å². The first-order valence-corrected chi connectivity index (χ1v) is 5.39. The van der Waals surface area contributed by atoms with Crippen molar-refractivity contribution in [1.82, 2.24) is 24.9 Å². The second-order valence-corrected chi connectivity index (χ2v) is 4.30. The molecule has 1 aliphatic rings. The summed E-state index contributed by atoms with van der Waals surface area (Å²) >= 11 is 0. The van der Waals surface area contributed by atoms with Gasteiger partial charge in [0.15, 0.2) is 0 Å². The number of H-pyrrole nitrogens is 1.